The number of esters is 1. The summed E-state index contributed by atoms with van der Waals surface area (Å²) >= 11 is 0. The molecule has 0 spiro atoms. The van der Waals surface area contributed by atoms with Gasteiger partial charge in [-0.1, -0.05) is 32.0 Å². The van der Waals surface area contributed by atoms with Gasteiger partial charge >= 0.3 is 12.1 Å². The summed E-state index contributed by atoms with van der Waals surface area (Å²) in [6.07, 6.45) is 3.21. The molecule has 0 saturated heterocycles. The van der Waals surface area contributed by atoms with Crippen LogP contribution in [-0.4, -0.2) is 52.0 Å². The van der Waals surface area contributed by atoms with Crippen LogP contribution in [-0.2, 0) is 27.3 Å². The van der Waals surface area contributed by atoms with Crippen LogP contribution in [0.5, 0.6) is 5.75 Å². The second kappa shape index (κ2) is 10.4. The van der Waals surface area contributed by atoms with Gasteiger partial charge in [-0.3, -0.25) is 4.90 Å². The molecule has 2 heterocycles. The molecule has 1 aliphatic heterocycles. The molecule has 1 atom stereocenters. The zero-order valence-corrected chi connectivity index (χ0v) is 19.5. The van der Waals surface area contributed by atoms with E-state index in [0.29, 0.717) is 31.9 Å². The topological polar surface area (TPSA) is 95.8 Å². The molecule has 0 aliphatic carbocycles. The average molecular weight is 465 g/mol. The Morgan fingerprint density at radius 2 is 1.94 bits per heavy atom. The predicted octanol–water partition coefficient (Wildman–Crippen LogP) is 3.71. The van der Waals surface area contributed by atoms with Crippen LogP contribution in [0.4, 0.5) is 4.79 Å². The van der Waals surface area contributed by atoms with Gasteiger partial charge in [0.2, 0.25) is 0 Å². The van der Waals surface area contributed by atoms with Crippen LogP contribution < -0.4 is 4.74 Å². The van der Waals surface area contributed by atoms with E-state index in [4.69, 9.17) is 14.2 Å². The molecule has 0 saturated carbocycles. The number of benzene rings is 2. The summed E-state index contributed by atoms with van der Waals surface area (Å²) in [7, 11) is 1.32. The summed E-state index contributed by atoms with van der Waals surface area (Å²) in [4.78, 5) is 30.6. The van der Waals surface area contributed by atoms with Gasteiger partial charge in [0, 0.05) is 6.54 Å². The van der Waals surface area contributed by atoms with Crippen molar-refractivity contribution in [3.63, 3.8) is 0 Å². The molecule has 0 fully saturated rings. The van der Waals surface area contributed by atoms with Gasteiger partial charge in [0.15, 0.2) is 6.04 Å². The Bertz CT molecular complexity index is 1130. The van der Waals surface area contributed by atoms with Gasteiger partial charge in [-0.15, -0.1) is 0 Å². The third kappa shape index (κ3) is 5.19. The minimum absolute atomic E-state index is 0.205. The lowest BCUT2D eigenvalue weighted by atomic mass is 9.92. The number of hydrogen-bond donors (Lipinski definition) is 0. The fraction of sp³-hybridized carbons (Fsp3) is 0.360. The molecule has 178 valence electrons. The summed E-state index contributed by atoms with van der Waals surface area (Å²) in [5, 5.41) is 4.12. The van der Waals surface area contributed by atoms with Crippen LogP contribution in [0.25, 0.3) is 5.69 Å². The van der Waals surface area contributed by atoms with Crippen LogP contribution >= 0.6 is 0 Å². The van der Waals surface area contributed by atoms with E-state index in [9.17, 15) is 9.59 Å². The SMILES string of the molecule is COC(=O)C1c2ccc(OCc3ccc(-n4cncn4)cc3)cc2CCN1C(=O)OCC(C)C. The van der Waals surface area contributed by atoms with Gasteiger partial charge in [-0.05, 0) is 53.3 Å². The lowest BCUT2D eigenvalue weighted by molar-refractivity contribution is -0.147. The first kappa shape index (κ1) is 23.3. The predicted molar refractivity (Wildman–Crippen MR) is 123 cm³/mol. The molecule has 0 radical (unpaired) electrons. The van der Waals surface area contributed by atoms with Crippen LogP contribution in [0, 0.1) is 5.92 Å². The van der Waals surface area contributed by atoms with Gasteiger partial charge in [-0.25, -0.2) is 19.3 Å². The van der Waals surface area contributed by atoms with E-state index in [2.05, 4.69) is 10.1 Å². The molecule has 1 unspecified atom stereocenters. The van der Waals surface area contributed by atoms with Crippen molar-refractivity contribution in [3.05, 3.63) is 71.8 Å². The number of hydrogen-bond acceptors (Lipinski definition) is 7. The monoisotopic (exact) mass is 464 g/mol. The molecular weight excluding hydrogens is 436 g/mol. The first-order valence-electron chi connectivity index (χ1n) is 11.2. The van der Waals surface area contributed by atoms with Gasteiger partial charge in [0.1, 0.15) is 25.0 Å². The van der Waals surface area contributed by atoms with Crippen molar-refractivity contribution < 1.29 is 23.8 Å². The second-order valence-electron chi connectivity index (χ2n) is 8.50. The summed E-state index contributed by atoms with van der Waals surface area (Å²) < 4.78 is 18.0. The molecule has 1 aliphatic rings. The number of fused-ring (bicyclic) bond motifs is 1. The van der Waals surface area contributed by atoms with E-state index >= 15 is 0 Å². The second-order valence-corrected chi connectivity index (χ2v) is 8.50. The molecule has 9 nitrogen and oxygen atoms in total. The first-order chi connectivity index (χ1) is 16.5. The Morgan fingerprint density at radius 1 is 1.15 bits per heavy atom. The zero-order valence-electron chi connectivity index (χ0n) is 19.5. The number of carbonyl (C=O) groups excluding carboxylic acids is 2. The van der Waals surface area contributed by atoms with Gasteiger partial charge in [-0.2, -0.15) is 5.10 Å². The van der Waals surface area contributed by atoms with E-state index < -0.39 is 18.1 Å². The highest BCUT2D eigenvalue weighted by atomic mass is 16.6. The molecule has 0 bridgehead atoms. The standard InChI is InChI=1S/C25H28N4O5/c1-17(2)13-34-25(31)28-11-10-19-12-21(8-9-22(19)23(28)24(30)32-3)33-14-18-4-6-20(7-5-18)29-16-26-15-27-29/h4-9,12,15-17,23H,10-11,13-14H2,1-3H3. The zero-order chi connectivity index (χ0) is 24.1. The largest absolute Gasteiger partial charge is 0.489 e. The fourth-order valence-corrected chi connectivity index (χ4v) is 3.83. The van der Waals surface area contributed by atoms with Gasteiger partial charge in [0.05, 0.1) is 19.4 Å². The molecule has 9 heteroatoms. The van der Waals surface area contributed by atoms with Crippen molar-refractivity contribution >= 4 is 12.1 Å². The number of nitrogens with zero attached hydrogens (tertiary/aromatic N) is 4. The van der Waals surface area contributed by atoms with Crippen molar-refractivity contribution in [1.82, 2.24) is 19.7 Å². The highest BCUT2D eigenvalue weighted by Gasteiger charge is 2.37. The van der Waals surface area contributed by atoms with Crippen LogP contribution in [0.2, 0.25) is 0 Å². The quantitative estimate of drug-likeness (QED) is 0.492. The van der Waals surface area contributed by atoms with Crippen LogP contribution in [0.1, 0.15) is 36.6 Å². The molecule has 2 aromatic carbocycles. The Hall–Kier alpha value is -3.88. The number of methoxy groups -OCH3 is 1. The maximum absolute atomic E-state index is 12.6. The van der Waals surface area contributed by atoms with Gasteiger partial charge in [0.25, 0.3) is 0 Å². The third-order valence-electron chi connectivity index (χ3n) is 5.57. The van der Waals surface area contributed by atoms with E-state index in [0.717, 1.165) is 22.4 Å². The molecule has 0 N–H and O–H groups in total. The number of rotatable bonds is 7. The molecule has 3 aromatic rings. The molecule has 4 rings (SSSR count). The maximum atomic E-state index is 12.6. The third-order valence-corrected chi connectivity index (χ3v) is 5.57. The van der Waals surface area contributed by atoms with Crippen molar-refractivity contribution in [3.8, 4) is 11.4 Å². The fourth-order valence-electron chi connectivity index (χ4n) is 3.83. The Morgan fingerprint density at radius 3 is 2.62 bits per heavy atom. The highest BCUT2D eigenvalue weighted by Crippen LogP contribution is 2.34. The number of ether oxygens (including phenoxy) is 3. The van der Waals surface area contributed by atoms with Gasteiger partial charge < -0.3 is 14.2 Å². The minimum atomic E-state index is -0.841. The number of amides is 1. The molecule has 1 amide bonds. The Kier molecular flexibility index (Phi) is 7.10. The number of carbonyl (C=O) groups is 2. The first-order valence-corrected chi connectivity index (χ1v) is 11.2. The maximum Gasteiger partial charge on any atom is 0.410 e. The van der Waals surface area contributed by atoms with Crippen molar-refractivity contribution in [2.75, 3.05) is 20.3 Å². The number of aromatic nitrogens is 3. The van der Waals surface area contributed by atoms with E-state index in [1.807, 2.05) is 56.3 Å². The highest BCUT2D eigenvalue weighted by molar-refractivity contribution is 5.84. The van der Waals surface area contributed by atoms with E-state index in [-0.39, 0.29) is 5.92 Å². The molecule has 1 aromatic heterocycles. The van der Waals surface area contributed by atoms with Crippen LogP contribution in [0.3, 0.4) is 0 Å². The lowest BCUT2D eigenvalue weighted by Crippen LogP contribution is -2.44. The van der Waals surface area contributed by atoms with Crippen molar-refractivity contribution in [1.29, 1.82) is 0 Å². The summed E-state index contributed by atoms with van der Waals surface area (Å²) in [6, 6.07) is 12.6. The van der Waals surface area contributed by atoms with E-state index in [1.165, 1.54) is 18.3 Å². The summed E-state index contributed by atoms with van der Waals surface area (Å²) in [5.41, 5.74) is 3.60. The Balaban J connectivity index is 1.46. The summed E-state index contributed by atoms with van der Waals surface area (Å²) in [5.74, 6) is 0.401. The van der Waals surface area contributed by atoms with Crippen molar-refractivity contribution in [2.45, 2.75) is 32.9 Å². The van der Waals surface area contributed by atoms with Crippen LogP contribution in [0.15, 0.2) is 55.1 Å². The van der Waals surface area contributed by atoms with Crippen molar-refractivity contribution in [2.24, 2.45) is 5.92 Å². The molecular formula is C25H28N4O5. The lowest BCUT2D eigenvalue weighted by Gasteiger charge is -2.35. The Labute approximate surface area is 198 Å². The van der Waals surface area contributed by atoms with E-state index in [1.54, 1.807) is 11.0 Å². The molecule has 34 heavy (non-hydrogen) atoms. The minimum Gasteiger partial charge on any atom is -0.489 e. The summed E-state index contributed by atoms with van der Waals surface area (Å²) in [6.45, 7) is 4.97. The smallest absolute Gasteiger partial charge is 0.410 e. The normalized spacial score (nSPS) is 15.1. The average Bonchev–Trinajstić information content (AvgIpc) is 3.40.